The van der Waals surface area contributed by atoms with Gasteiger partial charge in [0.05, 0.1) is 12.1 Å². The Morgan fingerprint density at radius 2 is 2.29 bits per heavy atom. The summed E-state index contributed by atoms with van der Waals surface area (Å²) in [6.07, 6.45) is 4.06. The molecular weight excluding hydrogens is 329 g/mol. The third-order valence-electron chi connectivity index (χ3n) is 2.63. The topological polar surface area (TPSA) is 45.7 Å². The van der Waals surface area contributed by atoms with Gasteiger partial charge in [-0.05, 0) is 26.7 Å². The van der Waals surface area contributed by atoms with Gasteiger partial charge < -0.3 is 15.4 Å². The molecule has 0 bridgehead atoms. The van der Waals surface area contributed by atoms with Crippen LogP contribution < -0.4 is 10.6 Å². The molecule has 0 radical (unpaired) electrons. The van der Waals surface area contributed by atoms with Gasteiger partial charge in [0.1, 0.15) is 0 Å². The highest BCUT2D eigenvalue weighted by Crippen LogP contribution is 2.24. The van der Waals surface area contributed by atoms with E-state index in [0.717, 1.165) is 38.5 Å². The van der Waals surface area contributed by atoms with E-state index in [2.05, 4.69) is 36.1 Å². The number of hydrogen-bond acceptors (Lipinski definition) is 2. The number of aliphatic imine (C=N–C) groups is 1. The van der Waals surface area contributed by atoms with Gasteiger partial charge in [-0.15, -0.1) is 30.6 Å². The molecule has 1 unspecified atom stereocenters. The van der Waals surface area contributed by atoms with Gasteiger partial charge >= 0.3 is 0 Å². The third-order valence-corrected chi connectivity index (χ3v) is 2.63. The van der Waals surface area contributed by atoms with Crippen LogP contribution in [-0.4, -0.2) is 37.8 Å². The normalized spacial score (nSPS) is 24.0. The average molecular weight is 353 g/mol. The summed E-state index contributed by atoms with van der Waals surface area (Å²) in [6.45, 7) is 11.0. The summed E-state index contributed by atoms with van der Waals surface area (Å²) in [7, 11) is 0. The van der Waals surface area contributed by atoms with Crippen LogP contribution in [0.4, 0.5) is 0 Å². The molecule has 1 aliphatic heterocycles. The van der Waals surface area contributed by atoms with Crippen molar-refractivity contribution >= 4 is 29.9 Å². The maximum absolute atomic E-state index is 5.69. The van der Waals surface area contributed by atoms with Crippen molar-refractivity contribution in [1.29, 1.82) is 0 Å². The van der Waals surface area contributed by atoms with Crippen LogP contribution in [0.15, 0.2) is 17.6 Å². The number of guanidine groups is 1. The van der Waals surface area contributed by atoms with Gasteiger partial charge in [0.25, 0.3) is 0 Å². The van der Waals surface area contributed by atoms with Crippen molar-refractivity contribution in [2.45, 2.75) is 32.3 Å². The standard InChI is InChI=1S/C12H23N3O.HI/c1-4-8-14-11(13-5-2)15-10-12(3)7-6-9-16-12;/h4H,1,5-10H2,2-3H3,(H2,13,14,15);1H. The van der Waals surface area contributed by atoms with Crippen LogP contribution in [0.2, 0.25) is 0 Å². The lowest BCUT2D eigenvalue weighted by Crippen LogP contribution is -2.39. The molecule has 0 aromatic rings. The quantitative estimate of drug-likeness (QED) is 0.344. The molecule has 1 rings (SSSR count). The maximum atomic E-state index is 5.69. The summed E-state index contributed by atoms with van der Waals surface area (Å²) >= 11 is 0. The van der Waals surface area contributed by atoms with Crippen molar-refractivity contribution in [3.63, 3.8) is 0 Å². The summed E-state index contributed by atoms with van der Waals surface area (Å²) in [5, 5.41) is 6.37. The molecule has 2 N–H and O–H groups in total. The number of ether oxygens (including phenoxy) is 1. The minimum absolute atomic E-state index is 0. The lowest BCUT2D eigenvalue weighted by molar-refractivity contribution is 0.0283. The number of nitrogens with zero attached hydrogens (tertiary/aromatic N) is 1. The molecule has 1 aliphatic rings. The Morgan fingerprint density at radius 1 is 1.53 bits per heavy atom. The zero-order valence-corrected chi connectivity index (χ0v) is 13.1. The summed E-state index contributed by atoms with van der Waals surface area (Å²) in [6, 6.07) is 0. The van der Waals surface area contributed by atoms with Gasteiger partial charge in [-0.25, -0.2) is 0 Å². The van der Waals surface area contributed by atoms with Gasteiger partial charge in [-0.2, -0.15) is 0 Å². The first-order valence-electron chi connectivity index (χ1n) is 5.97. The Morgan fingerprint density at radius 3 is 2.82 bits per heavy atom. The van der Waals surface area contributed by atoms with Crippen LogP contribution in [0.3, 0.4) is 0 Å². The molecule has 1 saturated heterocycles. The molecule has 1 atom stereocenters. The molecule has 4 nitrogen and oxygen atoms in total. The van der Waals surface area contributed by atoms with E-state index in [1.165, 1.54) is 0 Å². The van der Waals surface area contributed by atoms with Crippen LogP contribution in [0.1, 0.15) is 26.7 Å². The molecular formula is C12H24IN3O. The lowest BCUT2D eigenvalue weighted by Gasteiger charge is -2.21. The molecule has 0 aliphatic carbocycles. The maximum Gasteiger partial charge on any atom is 0.191 e. The first-order chi connectivity index (χ1) is 7.70. The van der Waals surface area contributed by atoms with E-state index in [0.29, 0.717) is 6.54 Å². The second-order valence-corrected chi connectivity index (χ2v) is 4.27. The van der Waals surface area contributed by atoms with E-state index in [-0.39, 0.29) is 29.6 Å². The Bertz CT molecular complexity index is 250. The van der Waals surface area contributed by atoms with Gasteiger partial charge in [-0.1, -0.05) is 6.08 Å². The van der Waals surface area contributed by atoms with Crippen molar-refractivity contribution in [2.75, 3.05) is 26.2 Å². The van der Waals surface area contributed by atoms with E-state index in [4.69, 9.17) is 4.74 Å². The van der Waals surface area contributed by atoms with Crippen LogP contribution in [0.25, 0.3) is 0 Å². The average Bonchev–Trinajstić information content (AvgIpc) is 2.70. The van der Waals surface area contributed by atoms with Gasteiger partial charge in [0.15, 0.2) is 5.96 Å². The summed E-state index contributed by atoms with van der Waals surface area (Å²) in [4.78, 5) is 4.53. The predicted molar refractivity (Wildman–Crippen MR) is 83.2 cm³/mol. The van der Waals surface area contributed by atoms with Gasteiger partial charge in [-0.3, -0.25) is 4.99 Å². The van der Waals surface area contributed by atoms with E-state index in [1.807, 2.05) is 6.08 Å². The molecule has 17 heavy (non-hydrogen) atoms. The highest BCUT2D eigenvalue weighted by Gasteiger charge is 2.29. The van der Waals surface area contributed by atoms with E-state index >= 15 is 0 Å². The third kappa shape index (κ3) is 6.26. The van der Waals surface area contributed by atoms with Crippen LogP contribution in [0.5, 0.6) is 0 Å². The molecule has 0 aromatic heterocycles. The largest absolute Gasteiger partial charge is 0.373 e. The minimum Gasteiger partial charge on any atom is -0.373 e. The van der Waals surface area contributed by atoms with Gasteiger partial charge in [0.2, 0.25) is 0 Å². The van der Waals surface area contributed by atoms with Crippen LogP contribution in [0, 0.1) is 0 Å². The number of rotatable bonds is 5. The lowest BCUT2D eigenvalue weighted by atomic mass is 10.0. The summed E-state index contributed by atoms with van der Waals surface area (Å²) in [5.41, 5.74) is -0.0729. The Kier molecular flexibility index (Phi) is 8.59. The second kappa shape index (κ2) is 8.74. The zero-order valence-electron chi connectivity index (χ0n) is 10.8. The van der Waals surface area contributed by atoms with E-state index in [1.54, 1.807) is 0 Å². The molecule has 100 valence electrons. The summed E-state index contributed by atoms with van der Waals surface area (Å²) < 4.78 is 5.69. The monoisotopic (exact) mass is 353 g/mol. The molecule has 5 heteroatoms. The first kappa shape index (κ1) is 16.7. The molecule has 1 heterocycles. The number of nitrogens with one attached hydrogen (secondary N) is 2. The second-order valence-electron chi connectivity index (χ2n) is 4.27. The fourth-order valence-corrected chi connectivity index (χ4v) is 1.72. The Labute approximate surface area is 121 Å². The van der Waals surface area contributed by atoms with Crippen molar-refractivity contribution in [2.24, 2.45) is 4.99 Å². The first-order valence-corrected chi connectivity index (χ1v) is 5.97. The predicted octanol–water partition coefficient (Wildman–Crippen LogP) is 1.91. The fourth-order valence-electron chi connectivity index (χ4n) is 1.72. The van der Waals surface area contributed by atoms with Crippen molar-refractivity contribution < 1.29 is 4.74 Å². The highest BCUT2D eigenvalue weighted by molar-refractivity contribution is 14.0. The smallest absolute Gasteiger partial charge is 0.191 e. The highest BCUT2D eigenvalue weighted by atomic mass is 127. The van der Waals surface area contributed by atoms with Crippen LogP contribution >= 0.6 is 24.0 Å². The Balaban J connectivity index is 0.00000256. The fraction of sp³-hybridized carbons (Fsp3) is 0.750. The van der Waals surface area contributed by atoms with E-state index < -0.39 is 0 Å². The van der Waals surface area contributed by atoms with Gasteiger partial charge in [0, 0.05) is 19.7 Å². The van der Waals surface area contributed by atoms with E-state index in [9.17, 15) is 0 Å². The molecule has 0 saturated carbocycles. The molecule has 0 amide bonds. The molecule has 1 fully saturated rings. The number of hydrogen-bond donors (Lipinski definition) is 2. The van der Waals surface area contributed by atoms with Crippen LogP contribution in [-0.2, 0) is 4.74 Å². The number of halogens is 1. The molecule has 0 spiro atoms. The zero-order chi connectivity index (χ0) is 11.9. The van der Waals surface area contributed by atoms with Crippen molar-refractivity contribution in [3.05, 3.63) is 12.7 Å². The molecule has 0 aromatic carbocycles. The SMILES string of the molecule is C=CCNC(=NCC1(C)CCCO1)NCC.I. The van der Waals surface area contributed by atoms with Crippen molar-refractivity contribution in [3.8, 4) is 0 Å². The van der Waals surface area contributed by atoms with Crippen molar-refractivity contribution in [1.82, 2.24) is 10.6 Å². The minimum atomic E-state index is -0.0729. The Hall–Kier alpha value is -0.300. The summed E-state index contributed by atoms with van der Waals surface area (Å²) in [5.74, 6) is 0.833.